The summed E-state index contributed by atoms with van der Waals surface area (Å²) in [5, 5.41) is -1.01. The molecule has 2 unspecified atom stereocenters. The lowest BCUT2D eigenvalue weighted by Gasteiger charge is -2.50. The van der Waals surface area contributed by atoms with Gasteiger partial charge in [0.15, 0.2) is 0 Å². The molecule has 10 heteroatoms. The number of hydrogen-bond donors (Lipinski definition) is 2. The van der Waals surface area contributed by atoms with E-state index in [4.69, 9.17) is 15.2 Å². The number of nitrogens with one attached hydrogen (secondary N) is 1. The number of β-lactam (4-membered cyclic amide) rings is 1. The number of imidazole rings is 1. The number of carbonyl (C=O) groups is 3. The predicted molar refractivity (Wildman–Crippen MR) is 97.0 cm³/mol. The zero-order valence-corrected chi connectivity index (χ0v) is 16.3. The first-order chi connectivity index (χ1) is 12.6. The van der Waals surface area contributed by atoms with Crippen LogP contribution in [0.2, 0.25) is 0 Å². The van der Waals surface area contributed by atoms with Gasteiger partial charge in [0, 0.05) is 24.9 Å². The number of nitrogens with two attached hydrogens (primary N) is 1. The summed E-state index contributed by atoms with van der Waals surface area (Å²) >= 11 is 1.31. The molecule has 0 saturated carbocycles. The quantitative estimate of drug-likeness (QED) is 0.568. The number of aromatic nitrogens is 2. The maximum atomic E-state index is 12.8. The number of esters is 2. The van der Waals surface area contributed by atoms with Crippen LogP contribution in [-0.4, -0.2) is 55.7 Å². The van der Waals surface area contributed by atoms with Crippen LogP contribution < -0.4 is 5.73 Å². The highest BCUT2D eigenvalue weighted by Crippen LogP contribution is 2.49. The van der Waals surface area contributed by atoms with Gasteiger partial charge in [-0.15, -0.1) is 11.8 Å². The first-order valence-corrected chi connectivity index (χ1v) is 9.37. The lowest BCUT2D eigenvalue weighted by Crippen LogP contribution is -2.62. The zero-order chi connectivity index (χ0) is 19.9. The molecule has 0 radical (unpaired) electrons. The minimum absolute atomic E-state index is 0.0511. The van der Waals surface area contributed by atoms with Gasteiger partial charge in [0.25, 0.3) is 0 Å². The Morgan fingerprint density at radius 1 is 1.41 bits per heavy atom. The van der Waals surface area contributed by atoms with Gasteiger partial charge in [-0.2, -0.15) is 0 Å². The fourth-order valence-corrected chi connectivity index (χ4v) is 4.33. The SMILES string of the molecule is CC(=O)OCC1=C(C(=O)OC(C)(C)C)N2C(=O)C(c3ncc[nH]3)[C@H]2SC1N. The molecule has 1 saturated heterocycles. The second-order valence-electron chi connectivity index (χ2n) is 7.26. The van der Waals surface area contributed by atoms with Gasteiger partial charge in [-0.3, -0.25) is 14.5 Å². The van der Waals surface area contributed by atoms with Gasteiger partial charge in [-0.05, 0) is 20.8 Å². The minimum atomic E-state index is -0.755. The van der Waals surface area contributed by atoms with E-state index in [9.17, 15) is 14.4 Å². The number of amides is 1. The molecule has 1 aromatic heterocycles. The number of ether oxygens (including phenoxy) is 2. The highest BCUT2D eigenvalue weighted by Gasteiger charge is 2.57. The van der Waals surface area contributed by atoms with Crippen LogP contribution in [0.4, 0.5) is 0 Å². The summed E-state index contributed by atoms with van der Waals surface area (Å²) in [7, 11) is 0. The zero-order valence-electron chi connectivity index (χ0n) is 15.5. The van der Waals surface area contributed by atoms with Gasteiger partial charge in [-0.1, -0.05) is 0 Å². The Balaban J connectivity index is 1.97. The smallest absolute Gasteiger partial charge is 0.355 e. The molecule has 3 atom stereocenters. The number of aromatic amines is 1. The second kappa shape index (κ2) is 7.01. The summed E-state index contributed by atoms with van der Waals surface area (Å²) in [5.41, 5.74) is 5.89. The molecule has 1 aromatic rings. The van der Waals surface area contributed by atoms with Crippen LogP contribution in [0, 0.1) is 0 Å². The van der Waals surface area contributed by atoms with Crippen LogP contribution in [0.5, 0.6) is 0 Å². The molecule has 0 spiro atoms. The van der Waals surface area contributed by atoms with E-state index in [2.05, 4.69) is 9.97 Å². The van der Waals surface area contributed by atoms with Crippen LogP contribution in [0.25, 0.3) is 0 Å². The Hall–Kier alpha value is -2.33. The molecule has 0 bridgehead atoms. The maximum Gasteiger partial charge on any atom is 0.355 e. The van der Waals surface area contributed by atoms with E-state index in [0.717, 1.165) is 0 Å². The Morgan fingerprint density at radius 2 is 2.11 bits per heavy atom. The summed E-state index contributed by atoms with van der Waals surface area (Å²) in [4.78, 5) is 45.4. The molecule has 3 N–H and O–H groups in total. The topological polar surface area (TPSA) is 128 Å². The predicted octanol–water partition coefficient (Wildman–Crippen LogP) is 0.852. The van der Waals surface area contributed by atoms with Crippen LogP contribution in [0.3, 0.4) is 0 Å². The summed E-state index contributed by atoms with van der Waals surface area (Å²) in [5.74, 6) is -1.46. The van der Waals surface area contributed by atoms with Crippen molar-refractivity contribution in [1.82, 2.24) is 14.9 Å². The number of fused-ring (bicyclic) bond motifs is 1. The van der Waals surface area contributed by atoms with Crippen LogP contribution >= 0.6 is 11.8 Å². The number of rotatable bonds is 4. The number of carbonyl (C=O) groups excluding carboxylic acids is 3. The van der Waals surface area contributed by atoms with Crippen molar-refractivity contribution in [2.24, 2.45) is 5.73 Å². The van der Waals surface area contributed by atoms with Crippen molar-refractivity contribution in [3.05, 3.63) is 29.5 Å². The van der Waals surface area contributed by atoms with Crippen molar-refractivity contribution >= 4 is 29.6 Å². The van der Waals surface area contributed by atoms with E-state index < -0.39 is 28.8 Å². The summed E-state index contributed by atoms with van der Waals surface area (Å²) in [6.45, 7) is 6.28. The largest absolute Gasteiger partial charge is 0.461 e. The molecule has 2 aliphatic rings. The lowest BCUT2D eigenvalue weighted by molar-refractivity contribution is -0.158. The molecule has 0 aromatic carbocycles. The average molecular weight is 394 g/mol. The van der Waals surface area contributed by atoms with Crippen LogP contribution in [0.1, 0.15) is 39.4 Å². The molecule has 1 amide bonds. The standard InChI is InChI=1S/C17H22N4O5S/c1-8(22)25-7-9-11(16(24)26-17(2,3)4)21-14(23)10(13-19-5-6-20-13)15(21)27-12(9)18/h5-6,10,12,15H,7,18H2,1-4H3,(H,19,20)/t10?,12?,15-/m1/s1. The van der Waals surface area contributed by atoms with Gasteiger partial charge in [0.2, 0.25) is 5.91 Å². The van der Waals surface area contributed by atoms with Gasteiger partial charge in [0.05, 0.1) is 5.37 Å². The maximum absolute atomic E-state index is 12.8. The van der Waals surface area contributed by atoms with Gasteiger partial charge in [0.1, 0.15) is 35.0 Å². The van der Waals surface area contributed by atoms with Crippen molar-refractivity contribution in [2.75, 3.05) is 6.61 Å². The van der Waals surface area contributed by atoms with E-state index in [0.29, 0.717) is 11.4 Å². The summed E-state index contributed by atoms with van der Waals surface area (Å²) in [6.07, 6.45) is 3.20. The van der Waals surface area contributed by atoms with E-state index >= 15 is 0 Å². The third-order valence-corrected chi connectivity index (χ3v) is 5.39. The Bertz CT molecular complexity index is 799. The summed E-state index contributed by atoms with van der Waals surface area (Å²) in [6, 6.07) is 0. The number of thioether (sulfide) groups is 1. The molecule has 2 aliphatic heterocycles. The first kappa shape index (κ1) is 19.4. The van der Waals surface area contributed by atoms with Crippen LogP contribution in [0.15, 0.2) is 23.7 Å². The number of nitrogens with zero attached hydrogens (tertiary/aromatic N) is 2. The molecular weight excluding hydrogens is 372 g/mol. The number of H-pyrrole nitrogens is 1. The molecule has 0 aliphatic carbocycles. The molecule has 3 heterocycles. The van der Waals surface area contributed by atoms with Crippen LogP contribution in [-0.2, 0) is 23.9 Å². The normalized spacial score (nSPS) is 25.0. The minimum Gasteiger partial charge on any atom is -0.461 e. The van der Waals surface area contributed by atoms with Crippen molar-refractivity contribution in [2.45, 2.75) is 50.0 Å². The fourth-order valence-electron chi connectivity index (χ4n) is 2.95. The highest BCUT2D eigenvalue weighted by atomic mass is 32.2. The monoisotopic (exact) mass is 394 g/mol. The molecule has 1 fully saturated rings. The van der Waals surface area contributed by atoms with Gasteiger partial charge < -0.3 is 20.2 Å². The van der Waals surface area contributed by atoms with Gasteiger partial charge in [-0.25, -0.2) is 9.78 Å². The molecule has 27 heavy (non-hydrogen) atoms. The van der Waals surface area contributed by atoms with E-state index in [1.54, 1.807) is 33.2 Å². The van der Waals surface area contributed by atoms with Crippen molar-refractivity contribution in [3.63, 3.8) is 0 Å². The third-order valence-electron chi connectivity index (χ3n) is 4.05. The molecule has 9 nitrogen and oxygen atoms in total. The van der Waals surface area contributed by atoms with Crippen molar-refractivity contribution < 1.29 is 23.9 Å². The second-order valence-corrected chi connectivity index (χ2v) is 8.53. The van der Waals surface area contributed by atoms with Gasteiger partial charge >= 0.3 is 11.9 Å². The Labute approximate surface area is 160 Å². The Morgan fingerprint density at radius 3 is 2.67 bits per heavy atom. The first-order valence-electron chi connectivity index (χ1n) is 8.43. The Kier molecular flexibility index (Phi) is 5.04. The lowest BCUT2D eigenvalue weighted by atomic mass is 9.94. The van der Waals surface area contributed by atoms with E-state index in [1.807, 2.05) is 0 Å². The van der Waals surface area contributed by atoms with E-state index in [-0.39, 0.29) is 23.6 Å². The number of hydrogen-bond acceptors (Lipinski definition) is 8. The molecular formula is C17H22N4O5S. The van der Waals surface area contributed by atoms with Crippen molar-refractivity contribution in [1.29, 1.82) is 0 Å². The fraction of sp³-hybridized carbons (Fsp3) is 0.529. The van der Waals surface area contributed by atoms with E-state index in [1.165, 1.54) is 23.6 Å². The molecule has 3 rings (SSSR count). The molecule has 146 valence electrons. The highest BCUT2D eigenvalue weighted by molar-refractivity contribution is 8.00. The average Bonchev–Trinajstić information content (AvgIpc) is 3.04. The third kappa shape index (κ3) is 3.72. The summed E-state index contributed by atoms with van der Waals surface area (Å²) < 4.78 is 10.5. The van der Waals surface area contributed by atoms with Crippen molar-refractivity contribution in [3.8, 4) is 0 Å².